The van der Waals surface area contributed by atoms with E-state index in [1.54, 1.807) is 0 Å². The van der Waals surface area contributed by atoms with Crippen molar-refractivity contribution in [3.63, 3.8) is 0 Å². The average Bonchev–Trinajstić information content (AvgIpc) is 3.08. The van der Waals surface area contributed by atoms with Crippen LogP contribution in [0.5, 0.6) is 0 Å². The maximum atomic E-state index is 11.7. The number of hydrogen-bond acceptors (Lipinski definition) is 2. The van der Waals surface area contributed by atoms with Gasteiger partial charge in [-0.15, -0.1) is 0 Å². The van der Waals surface area contributed by atoms with E-state index in [4.69, 9.17) is 5.73 Å². The monoisotopic (exact) mass is 226 g/mol. The van der Waals surface area contributed by atoms with Crippen LogP contribution in [0.25, 0.3) is 0 Å². The van der Waals surface area contributed by atoms with Gasteiger partial charge in [-0.05, 0) is 37.6 Å². The summed E-state index contributed by atoms with van der Waals surface area (Å²) in [4.78, 5) is 11.7. The number of nitrogens with two attached hydrogens (primary N) is 1. The zero-order valence-corrected chi connectivity index (χ0v) is 10.7. The molecule has 0 saturated heterocycles. The molecule has 0 aliphatic heterocycles. The van der Waals surface area contributed by atoms with E-state index in [1.165, 1.54) is 19.3 Å². The molecule has 2 atom stereocenters. The third-order valence-electron chi connectivity index (χ3n) is 3.44. The minimum Gasteiger partial charge on any atom is -0.353 e. The first-order valence-corrected chi connectivity index (χ1v) is 6.65. The lowest BCUT2D eigenvalue weighted by Crippen LogP contribution is -2.35. The summed E-state index contributed by atoms with van der Waals surface area (Å²) in [5.74, 6) is 1.54. The van der Waals surface area contributed by atoms with Crippen molar-refractivity contribution in [2.24, 2.45) is 17.6 Å². The van der Waals surface area contributed by atoms with Crippen molar-refractivity contribution in [2.45, 2.75) is 58.4 Å². The van der Waals surface area contributed by atoms with Crippen LogP contribution in [-0.4, -0.2) is 18.5 Å². The largest absolute Gasteiger partial charge is 0.353 e. The van der Waals surface area contributed by atoms with Gasteiger partial charge in [-0.1, -0.05) is 26.7 Å². The maximum Gasteiger partial charge on any atom is 0.220 e. The number of nitrogens with one attached hydrogen (secondary N) is 1. The number of amides is 1. The van der Waals surface area contributed by atoms with Crippen LogP contribution < -0.4 is 11.1 Å². The second-order valence-corrected chi connectivity index (χ2v) is 5.23. The minimum absolute atomic E-state index is 0.202. The van der Waals surface area contributed by atoms with Gasteiger partial charge < -0.3 is 11.1 Å². The molecule has 1 fully saturated rings. The van der Waals surface area contributed by atoms with Crippen molar-refractivity contribution in [2.75, 3.05) is 6.54 Å². The fraction of sp³-hybridized carbons (Fsp3) is 0.923. The van der Waals surface area contributed by atoms with Gasteiger partial charge in [0, 0.05) is 12.5 Å². The fourth-order valence-electron chi connectivity index (χ4n) is 1.88. The Bertz CT molecular complexity index is 214. The Morgan fingerprint density at radius 1 is 1.50 bits per heavy atom. The Kier molecular flexibility index (Phi) is 5.81. The third kappa shape index (κ3) is 5.50. The highest BCUT2D eigenvalue weighted by Crippen LogP contribution is 2.34. The van der Waals surface area contributed by atoms with Crippen molar-refractivity contribution in [3.8, 4) is 0 Å². The predicted octanol–water partition coefficient (Wildman–Crippen LogP) is 2.06. The summed E-state index contributed by atoms with van der Waals surface area (Å²) >= 11 is 0. The quantitative estimate of drug-likeness (QED) is 0.665. The number of hydrogen-bond donors (Lipinski definition) is 2. The zero-order chi connectivity index (χ0) is 12.0. The molecule has 0 aromatic rings. The van der Waals surface area contributed by atoms with Crippen molar-refractivity contribution in [1.29, 1.82) is 0 Å². The molecule has 0 spiro atoms. The normalized spacial score (nSPS) is 19.2. The molecule has 94 valence electrons. The number of rotatable bonds is 8. The second-order valence-electron chi connectivity index (χ2n) is 5.23. The Hall–Kier alpha value is -0.570. The third-order valence-corrected chi connectivity index (χ3v) is 3.44. The van der Waals surface area contributed by atoms with Crippen LogP contribution in [0.2, 0.25) is 0 Å². The summed E-state index contributed by atoms with van der Waals surface area (Å²) in [5, 5.41) is 3.14. The Morgan fingerprint density at radius 3 is 2.69 bits per heavy atom. The molecule has 1 amide bonds. The second kappa shape index (κ2) is 6.89. The Balaban J connectivity index is 2.14. The highest BCUT2D eigenvalue weighted by atomic mass is 16.1. The molecular weight excluding hydrogens is 200 g/mol. The van der Waals surface area contributed by atoms with Crippen LogP contribution in [0.4, 0.5) is 0 Å². The van der Waals surface area contributed by atoms with Gasteiger partial charge in [0.05, 0.1) is 0 Å². The highest BCUT2D eigenvalue weighted by molar-refractivity contribution is 5.76. The lowest BCUT2D eigenvalue weighted by molar-refractivity contribution is -0.122. The molecular formula is C13H26N2O. The number of carbonyl (C=O) groups is 1. The lowest BCUT2D eigenvalue weighted by Gasteiger charge is -2.17. The lowest BCUT2D eigenvalue weighted by atomic mass is 10.0. The molecule has 2 unspecified atom stereocenters. The van der Waals surface area contributed by atoms with Crippen LogP contribution in [-0.2, 0) is 4.79 Å². The van der Waals surface area contributed by atoms with Gasteiger partial charge >= 0.3 is 0 Å². The summed E-state index contributed by atoms with van der Waals surface area (Å²) in [7, 11) is 0. The smallest absolute Gasteiger partial charge is 0.220 e. The molecule has 3 N–H and O–H groups in total. The van der Waals surface area contributed by atoms with Gasteiger partial charge in [0.1, 0.15) is 0 Å². The summed E-state index contributed by atoms with van der Waals surface area (Å²) in [6.07, 6.45) is 6.47. The Morgan fingerprint density at radius 2 is 2.19 bits per heavy atom. The van der Waals surface area contributed by atoms with Gasteiger partial charge in [-0.3, -0.25) is 4.79 Å². The maximum absolute atomic E-state index is 11.7. The first kappa shape index (κ1) is 13.5. The van der Waals surface area contributed by atoms with Gasteiger partial charge in [0.15, 0.2) is 0 Å². The molecule has 0 aromatic heterocycles. The molecule has 1 rings (SSSR count). The molecule has 0 bridgehead atoms. The van der Waals surface area contributed by atoms with E-state index >= 15 is 0 Å². The molecule has 1 aliphatic rings. The van der Waals surface area contributed by atoms with Gasteiger partial charge in [0.25, 0.3) is 0 Å². The van der Waals surface area contributed by atoms with Crippen molar-refractivity contribution in [1.82, 2.24) is 5.32 Å². The van der Waals surface area contributed by atoms with Crippen LogP contribution in [0.15, 0.2) is 0 Å². The predicted molar refractivity (Wildman–Crippen MR) is 67.0 cm³/mol. The summed E-state index contributed by atoms with van der Waals surface area (Å²) in [6.45, 7) is 4.91. The van der Waals surface area contributed by atoms with Crippen molar-refractivity contribution in [3.05, 3.63) is 0 Å². The molecule has 0 heterocycles. The van der Waals surface area contributed by atoms with E-state index < -0.39 is 0 Å². The fourth-order valence-corrected chi connectivity index (χ4v) is 1.88. The molecule has 16 heavy (non-hydrogen) atoms. The summed E-state index contributed by atoms with van der Waals surface area (Å²) < 4.78 is 0. The molecule has 0 aromatic carbocycles. The van der Waals surface area contributed by atoms with Gasteiger partial charge in [-0.2, -0.15) is 0 Å². The first-order chi connectivity index (χ1) is 7.65. The van der Waals surface area contributed by atoms with Crippen molar-refractivity contribution >= 4 is 5.91 Å². The van der Waals surface area contributed by atoms with Gasteiger partial charge in [0.2, 0.25) is 5.91 Å². The summed E-state index contributed by atoms with van der Waals surface area (Å²) in [6, 6.07) is 0.396. The average molecular weight is 226 g/mol. The van der Waals surface area contributed by atoms with Crippen molar-refractivity contribution < 1.29 is 4.79 Å². The van der Waals surface area contributed by atoms with Crippen LogP contribution in [0.3, 0.4) is 0 Å². The molecule has 3 heteroatoms. The van der Waals surface area contributed by atoms with Crippen LogP contribution in [0, 0.1) is 11.8 Å². The molecule has 3 nitrogen and oxygen atoms in total. The number of carbonyl (C=O) groups excluding carboxylic acids is 1. The first-order valence-electron chi connectivity index (χ1n) is 6.65. The van der Waals surface area contributed by atoms with Crippen LogP contribution in [0.1, 0.15) is 52.4 Å². The van der Waals surface area contributed by atoms with E-state index in [1.807, 2.05) is 0 Å². The summed E-state index contributed by atoms with van der Waals surface area (Å²) in [5.41, 5.74) is 5.53. The highest BCUT2D eigenvalue weighted by Gasteiger charge is 2.25. The van der Waals surface area contributed by atoms with E-state index in [9.17, 15) is 4.79 Å². The standard InChI is InChI=1S/C13H26N2O/c1-3-12(8-11-5-6-11)15-13(16)7-4-10(2)9-14/h10-12H,3-9,14H2,1-2H3,(H,15,16). The SMILES string of the molecule is CCC(CC1CC1)NC(=O)CCC(C)CN. The molecule has 0 radical (unpaired) electrons. The van der Waals surface area contributed by atoms with E-state index in [-0.39, 0.29) is 5.91 Å². The topological polar surface area (TPSA) is 55.1 Å². The Labute approximate surface area is 99.2 Å². The zero-order valence-electron chi connectivity index (χ0n) is 10.7. The van der Waals surface area contributed by atoms with Crippen LogP contribution >= 0.6 is 0 Å². The van der Waals surface area contributed by atoms with Gasteiger partial charge in [-0.25, -0.2) is 0 Å². The molecule has 1 aliphatic carbocycles. The van der Waals surface area contributed by atoms with E-state index in [0.29, 0.717) is 24.9 Å². The van der Waals surface area contributed by atoms with E-state index in [2.05, 4.69) is 19.2 Å². The molecule has 1 saturated carbocycles. The minimum atomic E-state index is 0.202. The van der Waals surface area contributed by atoms with E-state index in [0.717, 1.165) is 18.8 Å².